The van der Waals surface area contributed by atoms with Crippen LogP contribution in [-0.4, -0.2) is 54.3 Å². The van der Waals surface area contributed by atoms with E-state index in [4.69, 9.17) is 11.6 Å². The number of hydrogen-bond acceptors (Lipinski definition) is 6. The van der Waals surface area contributed by atoms with Gasteiger partial charge in [-0.2, -0.15) is 24.5 Å². The summed E-state index contributed by atoms with van der Waals surface area (Å²) < 4.78 is 39.5. The summed E-state index contributed by atoms with van der Waals surface area (Å²) in [7, 11) is 0. The monoisotopic (exact) mass is 701 g/mol. The number of nitrogens with one attached hydrogen (secondary N) is 2. The van der Waals surface area contributed by atoms with Crippen LogP contribution in [0.2, 0.25) is 0 Å². The number of piperidine rings is 1. The summed E-state index contributed by atoms with van der Waals surface area (Å²) in [4.78, 5) is 18.4. The van der Waals surface area contributed by atoms with Gasteiger partial charge in [0.05, 0.1) is 0 Å². The predicted octanol–water partition coefficient (Wildman–Crippen LogP) is 8.50. The summed E-state index contributed by atoms with van der Waals surface area (Å²) in [6, 6.07) is 15.4. The van der Waals surface area contributed by atoms with Crippen molar-refractivity contribution in [1.82, 2.24) is 15.5 Å². The van der Waals surface area contributed by atoms with Gasteiger partial charge in [-0.3, -0.25) is 10.1 Å². The third-order valence-corrected chi connectivity index (χ3v) is 11.8. The van der Waals surface area contributed by atoms with Crippen molar-refractivity contribution in [3.05, 3.63) is 98.1 Å². The molecule has 0 radical (unpaired) electrons. The number of aliphatic hydroxyl groups excluding tert-OH is 1. The lowest BCUT2D eigenvalue weighted by molar-refractivity contribution is -0.141. The Morgan fingerprint density at radius 2 is 1.70 bits per heavy atom. The molecule has 6 rings (SSSR count). The Kier molecular flexibility index (Phi) is 10.9. The highest BCUT2D eigenvalue weighted by atomic mass is 35.5. The third-order valence-electron chi connectivity index (χ3n) is 9.41. The number of unbranched alkanes of at least 4 members (excludes halogenated alkanes) is 1. The van der Waals surface area contributed by atoms with Crippen LogP contribution in [-0.2, 0) is 10.2 Å². The minimum atomic E-state index is -4.49. The van der Waals surface area contributed by atoms with Crippen LogP contribution in [0.25, 0.3) is 11.1 Å². The standard InChI is InChI=1S/C36H39ClF3N3O2S2/c37-24-11-13-26(14-12-24)47-32-22-46-21-29(32)33(44)42-25-15-19-43(20-16-25)18-6-5-17-35(34(45)41-23-36(38,39)40)30-9-3-1-7-27(30)28-8-2-4-10-31(28)35/h1-4,7-11,13,21-22,25,33,42,44H,5-6,12,14-20,23H2,(H,41,45)/t33-/m1/s1. The van der Waals surface area contributed by atoms with Gasteiger partial charge in [0.1, 0.15) is 18.2 Å². The molecule has 1 saturated heterocycles. The first kappa shape index (κ1) is 34.3. The number of thioether (sulfide) groups is 1. The van der Waals surface area contributed by atoms with Crippen molar-refractivity contribution in [1.29, 1.82) is 0 Å². The average molecular weight is 702 g/mol. The van der Waals surface area contributed by atoms with E-state index in [2.05, 4.69) is 27.0 Å². The zero-order chi connectivity index (χ0) is 33.0. The lowest BCUT2D eigenvalue weighted by Crippen LogP contribution is -2.47. The molecule has 0 saturated carbocycles. The SMILES string of the molecule is O=C(NCC(F)(F)F)C1(CCCCN2CCC(N[C@H](O)c3cscc3SC3=CC=C(Cl)CC3)CC2)c2ccccc2-c2ccccc21. The number of thiophene rings is 1. The Morgan fingerprint density at radius 1 is 1.02 bits per heavy atom. The van der Waals surface area contributed by atoms with Gasteiger partial charge in [0.15, 0.2) is 0 Å². The van der Waals surface area contributed by atoms with E-state index in [1.54, 1.807) is 23.1 Å². The van der Waals surface area contributed by atoms with E-state index >= 15 is 0 Å². The van der Waals surface area contributed by atoms with Crippen LogP contribution in [0.15, 0.2) is 86.3 Å². The first-order valence-electron chi connectivity index (χ1n) is 16.1. The van der Waals surface area contributed by atoms with E-state index in [0.717, 1.165) is 89.5 Å². The quantitative estimate of drug-likeness (QED) is 0.131. The van der Waals surface area contributed by atoms with Crippen LogP contribution in [0.5, 0.6) is 0 Å². The minimum Gasteiger partial charge on any atom is -0.374 e. The summed E-state index contributed by atoms with van der Waals surface area (Å²) >= 11 is 9.39. The summed E-state index contributed by atoms with van der Waals surface area (Å²) in [5.41, 5.74) is 3.10. The van der Waals surface area contributed by atoms with Crippen molar-refractivity contribution in [2.24, 2.45) is 0 Å². The molecule has 3 N–H and O–H groups in total. The van der Waals surface area contributed by atoms with E-state index in [1.165, 1.54) is 4.91 Å². The fraction of sp³-hybridized carbons (Fsp3) is 0.417. The lowest BCUT2D eigenvalue weighted by Gasteiger charge is -2.34. The minimum absolute atomic E-state index is 0.196. The Balaban J connectivity index is 1.03. The van der Waals surface area contributed by atoms with Crippen LogP contribution >= 0.6 is 34.7 Å². The van der Waals surface area contributed by atoms with Crippen LogP contribution in [0.3, 0.4) is 0 Å². The average Bonchev–Trinajstić information content (AvgIpc) is 3.65. The number of allylic oxidation sites excluding steroid dienone is 4. The number of aliphatic hydroxyl groups is 1. The van der Waals surface area contributed by atoms with Crippen LogP contribution in [0, 0.1) is 0 Å². The Bertz CT molecular complexity index is 1590. The molecule has 1 fully saturated rings. The second kappa shape index (κ2) is 14.9. The van der Waals surface area contributed by atoms with Gasteiger partial charge in [-0.15, -0.1) is 0 Å². The second-order valence-corrected chi connectivity index (χ2v) is 14.9. The Morgan fingerprint density at radius 3 is 2.34 bits per heavy atom. The lowest BCUT2D eigenvalue weighted by atomic mass is 9.73. The molecule has 1 aromatic heterocycles. The van der Waals surface area contributed by atoms with E-state index < -0.39 is 30.3 Å². The molecule has 1 amide bonds. The van der Waals surface area contributed by atoms with Gasteiger partial charge in [-0.1, -0.05) is 84.4 Å². The fourth-order valence-corrected chi connectivity index (χ4v) is 9.27. The smallest absolute Gasteiger partial charge is 0.374 e. The molecular formula is C36H39ClF3N3O2S2. The summed E-state index contributed by atoms with van der Waals surface area (Å²) in [5.74, 6) is -0.596. The maximum absolute atomic E-state index is 13.7. The van der Waals surface area contributed by atoms with Gasteiger partial charge in [-0.05, 0) is 96.8 Å². The molecule has 2 heterocycles. The third kappa shape index (κ3) is 7.84. The van der Waals surface area contributed by atoms with Crippen LogP contribution < -0.4 is 10.6 Å². The van der Waals surface area contributed by atoms with Crippen molar-refractivity contribution in [3.63, 3.8) is 0 Å². The number of benzene rings is 2. The summed E-state index contributed by atoms with van der Waals surface area (Å²) in [5, 5.41) is 21.7. The van der Waals surface area contributed by atoms with Gasteiger partial charge in [0, 0.05) is 26.9 Å². The van der Waals surface area contributed by atoms with E-state index in [9.17, 15) is 23.1 Å². The molecule has 0 bridgehead atoms. The molecule has 250 valence electrons. The van der Waals surface area contributed by atoms with Gasteiger partial charge in [0.2, 0.25) is 5.91 Å². The molecule has 47 heavy (non-hydrogen) atoms. The van der Waals surface area contributed by atoms with Gasteiger partial charge >= 0.3 is 6.18 Å². The highest BCUT2D eigenvalue weighted by Crippen LogP contribution is 2.51. The summed E-state index contributed by atoms with van der Waals surface area (Å²) in [6.07, 6.45) is 4.28. The highest BCUT2D eigenvalue weighted by molar-refractivity contribution is 8.03. The molecule has 1 atom stereocenters. The second-order valence-electron chi connectivity index (χ2n) is 12.5. The maximum atomic E-state index is 13.7. The predicted molar refractivity (Wildman–Crippen MR) is 185 cm³/mol. The highest BCUT2D eigenvalue weighted by Gasteiger charge is 2.49. The van der Waals surface area contributed by atoms with Crippen molar-refractivity contribution in [2.75, 3.05) is 26.2 Å². The largest absolute Gasteiger partial charge is 0.405 e. The number of halogens is 4. The number of nitrogens with zero attached hydrogens (tertiary/aromatic N) is 1. The molecule has 11 heteroatoms. The molecule has 2 aliphatic carbocycles. The zero-order valence-electron chi connectivity index (χ0n) is 26.0. The van der Waals surface area contributed by atoms with Crippen molar-refractivity contribution >= 4 is 40.6 Å². The first-order valence-corrected chi connectivity index (χ1v) is 18.3. The van der Waals surface area contributed by atoms with E-state index in [-0.39, 0.29) is 6.04 Å². The number of amides is 1. The molecule has 2 aromatic carbocycles. The molecular weight excluding hydrogens is 663 g/mol. The van der Waals surface area contributed by atoms with Crippen molar-refractivity contribution in [3.8, 4) is 11.1 Å². The van der Waals surface area contributed by atoms with Gasteiger partial charge in [-0.25, -0.2) is 0 Å². The van der Waals surface area contributed by atoms with Crippen LogP contribution in [0.1, 0.15) is 67.9 Å². The number of carbonyl (C=O) groups excluding carboxylic acids is 1. The number of carbonyl (C=O) groups is 1. The van der Waals surface area contributed by atoms with Gasteiger partial charge in [0.25, 0.3) is 0 Å². The van der Waals surface area contributed by atoms with Crippen molar-refractivity contribution in [2.45, 2.75) is 73.7 Å². The Labute approximate surface area is 287 Å². The topological polar surface area (TPSA) is 64.6 Å². The molecule has 3 aromatic rings. The first-order chi connectivity index (χ1) is 22.6. The molecule has 3 aliphatic rings. The number of rotatable bonds is 12. The van der Waals surface area contributed by atoms with Crippen molar-refractivity contribution < 1.29 is 23.1 Å². The maximum Gasteiger partial charge on any atom is 0.405 e. The normalized spacial score (nSPS) is 18.7. The van der Waals surface area contributed by atoms with Gasteiger partial charge < -0.3 is 15.3 Å². The summed E-state index contributed by atoms with van der Waals surface area (Å²) in [6.45, 7) is 1.27. The van der Waals surface area contributed by atoms with E-state index in [1.807, 2.05) is 60.0 Å². The van der Waals surface area contributed by atoms with Crippen LogP contribution in [0.4, 0.5) is 13.2 Å². The number of likely N-dealkylation sites (tertiary alicyclic amines) is 1. The Hall–Kier alpha value is -2.60. The zero-order valence-corrected chi connectivity index (χ0v) is 28.4. The number of fused-ring (bicyclic) bond motifs is 3. The molecule has 1 aliphatic heterocycles. The fourth-order valence-electron chi connectivity index (χ4n) is 7.04. The number of hydrogen-bond donors (Lipinski definition) is 3. The number of alkyl halides is 3. The molecule has 0 spiro atoms. The van der Waals surface area contributed by atoms with E-state index in [0.29, 0.717) is 12.8 Å². The molecule has 5 nitrogen and oxygen atoms in total. The molecule has 0 unspecified atom stereocenters.